The van der Waals surface area contributed by atoms with Gasteiger partial charge in [-0.25, -0.2) is 4.79 Å². The molecule has 1 fully saturated rings. The zero-order valence-corrected chi connectivity index (χ0v) is 14.6. The van der Waals surface area contributed by atoms with E-state index in [2.05, 4.69) is 41.5 Å². The second-order valence-electron chi connectivity index (χ2n) is 6.19. The summed E-state index contributed by atoms with van der Waals surface area (Å²) in [7, 11) is 1.82. The molecule has 1 aromatic carbocycles. The van der Waals surface area contributed by atoms with Gasteiger partial charge in [0, 0.05) is 19.5 Å². The normalized spacial score (nSPS) is 13.9. The Kier molecular flexibility index (Phi) is 4.61. The van der Waals surface area contributed by atoms with Crippen molar-refractivity contribution in [2.75, 3.05) is 7.05 Å². The van der Waals surface area contributed by atoms with Gasteiger partial charge in [-0.1, -0.05) is 29.5 Å². The summed E-state index contributed by atoms with van der Waals surface area (Å²) < 4.78 is 0. The van der Waals surface area contributed by atoms with E-state index in [1.54, 1.807) is 16.2 Å². The minimum Gasteiger partial charge on any atom is -0.331 e. The zero-order chi connectivity index (χ0) is 16.4. The Bertz CT molecular complexity index is 688. The van der Waals surface area contributed by atoms with Crippen molar-refractivity contribution in [1.29, 1.82) is 0 Å². The highest BCUT2D eigenvalue weighted by atomic mass is 32.1. The molecule has 5 nitrogen and oxygen atoms in total. The van der Waals surface area contributed by atoms with Crippen LogP contribution in [0.3, 0.4) is 0 Å². The lowest BCUT2D eigenvalue weighted by Crippen LogP contribution is -2.36. The number of hydrogen-bond donors (Lipinski definition) is 1. The fourth-order valence-corrected chi connectivity index (χ4v) is 3.48. The molecular weight excluding hydrogens is 308 g/mol. The second kappa shape index (κ2) is 6.66. The van der Waals surface area contributed by atoms with Crippen molar-refractivity contribution in [3.05, 3.63) is 44.9 Å². The van der Waals surface area contributed by atoms with Gasteiger partial charge in [-0.3, -0.25) is 0 Å². The van der Waals surface area contributed by atoms with Crippen molar-refractivity contribution < 1.29 is 4.79 Å². The van der Waals surface area contributed by atoms with E-state index in [0.717, 1.165) is 10.0 Å². The summed E-state index contributed by atoms with van der Waals surface area (Å²) in [6, 6.07) is 6.11. The van der Waals surface area contributed by atoms with E-state index in [-0.39, 0.29) is 6.03 Å². The molecule has 1 aliphatic rings. The van der Waals surface area contributed by atoms with Crippen LogP contribution >= 0.6 is 11.3 Å². The maximum atomic E-state index is 12.3. The molecule has 23 heavy (non-hydrogen) atoms. The molecule has 0 bridgehead atoms. The van der Waals surface area contributed by atoms with Crippen LogP contribution < -0.4 is 5.32 Å². The van der Waals surface area contributed by atoms with Gasteiger partial charge in [-0.2, -0.15) is 0 Å². The van der Waals surface area contributed by atoms with Crippen LogP contribution in [0.15, 0.2) is 18.2 Å². The number of hydrogen-bond acceptors (Lipinski definition) is 4. The number of carbonyl (C=O) groups is 1. The molecule has 0 aliphatic heterocycles. The maximum absolute atomic E-state index is 12.3. The highest BCUT2D eigenvalue weighted by Crippen LogP contribution is 2.41. The highest BCUT2D eigenvalue weighted by Gasteiger charge is 2.27. The van der Waals surface area contributed by atoms with Crippen molar-refractivity contribution in [3.8, 4) is 0 Å². The number of carbonyl (C=O) groups excluding carboxylic acids is 1. The molecule has 1 saturated carbocycles. The molecule has 0 unspecified atom stereocenters. The monoisotopic (exact) mass is 330 g/mol. The number of aryl methyl sites for hydroxylation is 2. The van der Waals surface area contributed by atoms with Crippen LogP contribution in [-0.2, 0) is 13.1 Å². The van der Waals surface area contributed by atoms with Crippen LogP contribution in [-0.4, -0.2) is 28.2 Å². The molecule has 3 rings (SSSR count). The quantitative estimate of drug-likeness (QED) is 0.914. The Morgan fingerprint density at radius 1 is 1.30 bits per heavy atom. The molecule has 1 aliphatic carbocycles. The van der Waals surface area contributed by atoms with Gasteiger partial charge in [0.15, 0.2) is 0 Å². The molecule has 1 aromatic heterocycles. The molecule has 1 heterocycles. The van der Waals surface area contributed by atoms with Gasteiger partial charge in [-0.05, 0) is 43.4 Å². The summed E-state index contributed by atoms with van der Waals surface area (Å²) in [6.45, 7) is 5.21. The molecule has 0 spiro atoms. The molecular formula is C17H22N4OS. The Balaban J connectivity index is 1.54. The van der Waals surface area contributed by atoms with Gasteiger partial charge in [0.25, 0.3) is 0 Å². The molecule has 6 heteroatoms. The van der Waals surface area contributed by atoms with Gasteiger partial charge in [-0.15, -0.1) is 10.2 Å². The number of rotatable bonds is 5. The lowest BCUT2D eigenvalue weighted by atomic mass is 10.0. The number of nitrogens with zero attached hydrogens (tertiary/aromatic N) is 3. The summed E-state index contributed by atoms with van der Waals surface area (Å²) in [5.74, 6) is 0.614. The lowest BCUT2D eigenvalue weighted by Gasteiger charge is -2.20. The van der Waals surface area contributed by atoms with Crippen molar-refractivity contribution >= 4 is 17.4 Å². The van der Waals surface area contributed by atoms with Crippen LogP contribution in [0.1, 0.15) is 45.5 Å². The lowest BCUT2D eigenvalue weighted by molar-refractivity contribution is 0.206. The summed E-state index contributed by atoms with van der Waals surface area (Å²) in [6.07, 6.45) is 2.44. The molecule has 2 amide bonds. The smallest absolute Gasteiger partial charge is 0.317 e. The first-order valence-electron chi connectivity index (χ1n) is 7.91. The average molecular weight is 330 g/mol. The van der Waals surface area contributed by atoms with Gasteiger partial charge in [0.2, 0.25) is 0 Å². The summed E-state index contributed by atoms with van der Waals surface area (Å²) >= 11 is 1.61. The number of benzene rings is 1. The largest absolute Gasteiger partial charge is 0.331 e. The second-order valence-corrected chi connectivity index (χ2v) is 7.29. The Morgan fingerprint density at radius 3 is 2.65 bits per heavy atom. The molecule has 122 valence electrons. The zero-order valence-electron chi connectivity index (χ0n) is 13.8. The third-order valence-electron chi connectivity index (χ3n) is 4.19. The Labute approximate surface area is 140 Å². The molecule has 1 N–H and O–H groups in total. The van der Waals surface area contributed by atoms with Crippen molar-refractivity contribution in [2.24, 2.45) is 0 Å². The highest BCUT2D eigenvalue weighted by molar-refractivity contribution is 7.11. The van der Waals surface area contributed by atoms with E-state index in [9.17, 15) is 4.79 Å². The summed E-state index contributed by atoms with van der Waals surface area (Å²) in [4.78, 5) is 14.0. The fraction of sp³-hybridized carbons (Fsp3) is 0.471. The number of aromatic nitrogens is 2. The predicted octanol–water partition coefficient (Wildman–Crippen LogP) is 3.37. The Hall–Kier alpha value is -1.95. The van der Waals surface area contributed by atoms with Crippen LogP contribution in [0.25, 0.3) is 0 Å². The first-order chi connectivity index (χ1) is 11.0. The summed E-state index contributed by atoms with van der Waals surface area (Å²) in [5, 5.41) is 13.3. The SMILES string of the molecule is Cc1cccc(C)c1CN(C)C(=O)NCc1nnc(C2CC2)s1. The van der Waals surface area contributed by atoms with E-state index in [0.29, 0.717) is 19.0 Å². The van der Waals surface area contributed by atoms with E-state index in [1.165, 1.54) is 29.5 Å². The molecule has 2 aromatic rings. The fourth-order valence-electron chi connectivity index (χ4n) is 2.53. The van der Waals surface area contributed by atoms with Crippen molar-refractivity contribution in [2.45, 2.75) is 45.7 Å². The molecule has 0 radical (unpaired) electrons. The van der Waals surface area contributed by atoms with Gasteiger partial charge >= 0.3 is 6.03 Å². The molecule has 0 atom stereocenters. The first-order valence-corrected chi connectivity index (χ1v) is 8.72. The number of nitrogens with one attached hydrogen (secondary N) is 1. The summed E-state index contributed by atoms with van der Waals surface area (Å²) in [5.41, 5.74) is 3.63. The van der Waals surface area contributed by atoms with E-state index in [4.69, 9.17) is 0 Å². The van der Waals surface area contributed by atoms with Gasteiger partial charge < -0.3 is 10.2 Å². The predicted molar refractivity (Wildman–Crippen MR) is 91.5 cm³/mol. The third kappa shape index (κ3) is 3.88. The minimum atomic E-state index is -0.0872. The molecule has 0 saturated heterocycles. The van der Waals surface area contributed by atoms with Crippen LogP contribution in [0.5, 0.6) is 0 Å². The van der Waals surface area contributed by atoms with Crippen LogP contribution in [0.2, 0.25) is 0 Å². The number of urea groups is 1. The van der Waals surface area contributed by atoms with E-state index < -0.39 is 0 Å². The van der Waals surface area contributed by atoms with E-state index >= 15 is 0 Å². The van der Waals surface area contributed by atoms with Crippen molar-refractivity contribution in [3.63, 3.8) is 0 Å². The average Bonchev–Trinajstić information content (AvgIpc) is 3.27. The number of amides is 2. The first kappa shape index (κ1) is 15.9. The topological polar surface area (TPSA) is 58.1 Å². The Morgan fingerprint density at radius 2 is 2.00 bits per heavy atom. The van der Waals surface area contributed by atoms with Crippen LogP contribution in [0.4, 0.5) is 4.79 Å². The standard InChI is InChI=1S/C17H22N4OS/c1-11-5-4-6-12(2)14(11)10-21(3)17(22)18-9-15-19-20-16(23-15)13-7-8-13/h4-6,13H,7-10H2,1-3H3,(H,18,22). The van der Waals surface area contributed by atoms with Gasteiger partial charge in [0.05, 0.1) is 6.54 Å². The minimum absolute atomic E-state index is 0.0872. The van der Waals surface area contributed by atoms with Crippen molar-refractivity contribution in [1.82, 2.24) is 20.4 Å². The third-order valence-corrected chi connectivity index (χ3v) is 5.27. The van der Waals surface area contributed by atoms with E-state index in [1.807, 2.05) is 13.1 Å². The maximum Gasteiger partial charge on any atom is 0.317 e. The van der Waals surface area contributed by atoms with Crippen LogP contribution in [0, 0.1) is 13.8 Å². The van der Waals surface area contributed by atoms with Gasteiger partial charge in [0.1, 0.15) is 10.0 Å².